The summed E-state index contributed by atoms with van der Waals surface area (Å²) in [4.78, 5) is 8.63. The van der Waals surface area contributed by atoms with Gasteiger partial charge in [0.15, 0.2) is 18.0 Å². The maximum absolute atomic E-state index is 13.4. The smallest absolute Gasteiger partial charge is 0.356 e. The molecule has 2 atom stereocenters. The minimum atomic E-state index is -3.58. The number of rotatable bonds is 12. The molecule has 2 aromatic heterocycles. The number of hydrogen-bond donors (Lipinski definition) is 2. The molecular formula is C22H28N5O6P. The predicted octanol–water partition coefficient (Wildman–Crippen LogP) is 3.58. The molecule has 3 N–H and O–H groups in total. The van der Waals surface area contributed by atoms with Crippen LogP contribution in [0.2, 0.25) is 0 Å². The van der Waals surface area contributed by atoms with E-state index in [0.29, 0.717) is 23.8 Å². The molecule has 12 heteroatoms. The van der Waals surface area contributed by atoms with Gasteiger partial charge in [-0.3, -0.25) is 9.09 Å². The average molecular weight is 489 g/mol. The van der Waals surface area contributed by atoms with Crippen LogP contribution in [0.4, 0.5) is 5.82 Å². The van der Waals surface area contributed by atoms with E-state index in [2.05, 4.69) is 15.3 Å². The number of nitrogens with one attached hydrogen (secondary N) is 1. The highest BCUT2D eigenvalue weighted by atomic mass is 31.2. The first-order valence-electron chi connectivity index (χ1n) is 10.7. The highest BCUT2D eigenvalue weighted by molar-refractivity contribution is 7.53. The SMILES string of the molecule is COC1NC(N)=Nc2c1ncn2CCOCP(=O)(OCc1ccccc1)OCc1ccc(C)o1. The van der Waals surface area contributed by atoms with Crippen LogP contribution in [0.1, 0.15) is 29.0 Å². The summed E-state index contributed by atoms with van der Waals surface area (Å²) in [6, 6.07) is 13.0. The van der Waals surface area contributed by atoms with Crippen LogP contribution in [0, 0.1) is 6.92 Å². The third kappa shape index (κ3) is 6.13. The van der Waals surface area contributed by atoms with E-state index in [1.165, 1.54) is 0 Å². The van der Waals surface area contributed by atoms with E-state index in [1.807, 2.05) is 43.3 Å². The number of hydrogen-bond acceptors (Lipinski definition) is 10. The van der Waals surface area contributed by atoms with E-state index in [0.717, 1.165) is 11.3 Å². The largest absolute Gasteiger partial charge is 0.464 e. The van der Waals surface area contributed by atoms with Crippen LogP contribution in [0.25, 0.3) is 0 Å². The summed E-state index contributed by atoms with van der Waals surface area (Å²) >= 11 is 0. The zero-order valence-electron chi connectivity index (χ0n) is 19.0. The third-order valence-electron chi connectivity index (χ3n) is 5.02. The Morgan fingerprint density at radius 1 is 1.18 bits per heavy atom. The van der Waals surface area contributed by atoms with Gasteiger partial charge in [-0.25, -0.2) is 4.98 Å². The molecule has 1 aliphatic heterocycles. The van der Waals surface area contributed by atoms with Gasteiger partial charge >= 0.3 is 7.60 Å². The van der Waals surface area contributed by atoms with E-state index in [-0.39, 0.29) is 32.1 Å². The average Bonchev–Trinajstić information content (AvgIpc) is 3.45. The summed E-state index contributed by atoms with van der Waals surface area (Å²) in [5, 5.41) is 2.90. The number of aromatic nitrogens is 2. The van der Waals surface area contributed by atoms with Gasteiger partial charge in [0.25, 0.3) is 0 Å². The van der Waals surface area contributed by atoms with Gasteiger partial charge in [-0.15, -0.1) is 0 Å². The second kappa shape index (κ2) is 11.0. The number of nitrogens with two attached hydrogens (primary N) is 1. The lowest BCUT2D eigenvalue weighted by atomic mass is 10.2. The molecule has 0 amide bonds. The first-order valence-corrected chi connectivity index (χ1v) is 12.4. The van der Waals surface area contributed by atoms with Crippen LogP contribution in [-0.2, 0) is 42.8 Å². The second-order valence-electron chi connectivity index (χ2n) is 7.60. The monoisotopic (exact) mass is 489 g/mol. The zero-order chi connectivity index (χ0) is 24.0. The lowest BCUT2D eigenvalue weighted by Gasteiger charge is -2.21. The maximum Gasteiger partial charge on any atom is 0.356 e. The number of furan rings is 1. The van der Waals surface area contributed by atoms with Gasteiger partial charge in [0.05, 0.1) is 19.5 Å². The number of fused-ring (bicyclic) bond motifs is 1. The lowest BCUT2D eigenvalue weighted by molar-refractivity contribution is 0.0863. The number of guanidine groups is 1. The minimum absolute atomic E-state index is 0.0116. The summed E-state index contributed by atoms with van der Waals surface area (Å²) in [5.41, 5.74) is 7.34. The Morgan fingerprint density at radius 3 is 2.71 bits per heavy atom. The molecule has 1 aromatic carbocycles. The van der Waals surface area contributed by atoms with E-state index >= 15 is 0 Å². The Balaban J connectivity index is 1.36. The van der Waals surface area contributed by atoms with Gasteiger partial charge in [-0.1, -0.05) is 30.3 Å². The normalized spacial score (nSPS) is 17.0. The first kappa shape index (κ1) is 24.2. The molecule has 3 aromatic rings. The van der Waals surface area contributed by atoms with Crippen molar-refractivity contribution in [3.8, 4) is 0 Å². The van der Waals surface area contributed by atoms with E-state index in [1.54, 1.807) is 24.1 Å². The Bertz CT molecular complexity index is 1160. The summed E-state index contributed by atoms with van der Waals surface area (Å²) in [7, 11) is -2.02. The molecule has 0 fully saturated rings. The molecule has 182 valence electrons. The maximum atomic E-state index is 13.4. The third-order valence-corrected chi connectivity index (χ3v) is 6.57. The Labute approximate surface area is 197 Å². The van der Waals surface area contributed by atoms with Gasteiger partial charge in [-0.05, 0) is 24.6 Å². The van der Waals surface area contributed by atoms with Crippen LogP contribution >= 0.6 is 7.60 Å². The number of aliphatic imine (C=N–C) groups is 1. The Hall–Kier alpha value is -2.95. The van der Waals surface area contributed by atoms with Crippen molar-refractivity contribution in [3.63, 3.8) is 0 Å². The van der Waals surface area contributed by atoms with E-state index in [4.69, 9.17) is 28.7 Å². The van der Waals surface area contributed by atoms with Gasteiger partial charge in [0, 0.05) is 13.7 Å². The van der Waals surface area contributed by atoms with Crippen LogP contribution in [0.15, 0.2) is 58.2 Å². The first-order chi connectivity index (χ1) is 16.5. The molecule has 0 saturated heterocycles. The molecular weight excluding hydrogens is 461 g/mol. The molecule has 0 aliphatic carbocycles. The van der Waals surface area contributed by atoms with Gasteiger partial charge in [0.1, 0.15) is 30.2 Å². The summed E-state index contributed by atoms with van der Waals surface area (Å²) in [6.45, 7) is 2.61. The Kier molecular flexibility index (Phi) is 7.81. The van der Waals surface area contributed by atoms with Crippen LogP contribution in [-0.4, -0.2) is 35.6 Å². The van der Waals surface area contributed by atoms with Crippen molar-refractivity contribution in [2.45, 2.75) is 32.9 Å². The fourth-order valence-electron chi connectivity index (χ4n) is 3.30. The Morgan fingerprint density at radius 2 is 1.97 bits per heavy atom. The number of aryl methyl sites for hydroxylation is 1. The van der Waals surface area contributed by atoms with Crippen molar-refractivity contribution in [2.75, 3.05) is 20.1 Å². The molecule has 4 rings (SSSR count). The van der Waals surface area contributed by atoms with Crippen LogP contribution in [0.5, 0.6) is 0 Å². The predicted molar refractivity (Wildman–Crippen MR) is 124 cm³/mol. The topological polar surface area (TPSA) is 135 Å². The quantitative estimate of drug-likeness (QED) is 0.289. The van der Waals surface area contributed by atoms with Crippen molar-refractivity contribution in [3.05, 3.63) is 71.6 Å². The van der Waals surface area contributed by atoms with E-state index < -0.39 is 13.8 Å². The van der Waals surface area contributed by atoms with Gasteiger partial charge in [0.2, 0.25) is 0 Å². The molecule has 0 saturated carbocycles. The zero-order valence-corrected chi connectivity index (χ0v) is 19.9. The van der Waals surface area contributed by atoms with Crippen molar-refractivity contribution >= 4 is 19.4 Å². The summed E-state index contributed by atoms with van der Waals surface area (Å²) in [5.74, 6) is 2.12. The highest BCUT2D eigenvalue weighted by Crippen LogP contribution is 2.49. The number of methoxy groups -OCH3 is 1. The fraction of sp³-hybridized carbons (Fsp3) is 0.364. The summed E-state index contributed by atoms with van der Waals surface area (Å²) in [6.07, 6.45) is 0.940. The minimum Gasteiger partial charge on any atom is -0.464 e. The standard InChI is InChI=1S/C22H28N5O6P/c1-16-8-9-18(33-16)13-32-34(28,31-12-17-6-4-3-5-7-17)15-30-11-10-27-14-24-19-20(27)25-22(23)26-21(19)29-2/h3-9,14,21H,10-13,15H2,1-2H3,(H3,23,25,26). The number of benzene rings is 1. The van der Waals surface area contributed by atoms with Crippen LogP contribution in [0.3, 0.4) is 0 Å². The molecule has 2 unspecified atom stereocenters. The fourth-order valence-corrected chi connectivity index (χ4v) is 4.55. The molecule has 11 nitrogen and oxygen atoms in total. The van der Waals surface area contributed by atoms with Crippen molar-refractivity contribution in [1.29, 1.82) is 0 Å². The number of ether oxygens (including phenoxy) is 2. The molecule has 0 bridgehead atoms. The van der Waals surface area contributed by atoms with Crippen molar-refractivity contribution in [1.82, 2.24) is 14.9 Å². The van der Waals surface area contributed by atoms with Crippen molar-refractivity contribution < 1.29 is 27.5 Å². The molecule has 0 spiro atoms. The lowest BCUT2D eigenvalue weighted by Crippen LogP contribution is -2.38. The van der Waals surface area contributed by atoms with Gasteiger partial charge in [-0.2, -0.15) is 4.99 Å². The summed E-state index contributed by atoms with van der Waals surface area (Å²) < 4.78 is 43.1. The van der Waals surface area contributed by atoms with E-state index in [9.17, 15) is 4.57 Å². The van der Waals surface area contributed by atoms with Gasteiger partial charge < -0.3 is 34.0 Å². The molecule has 0 radical (unpaired) electrons. The van der Waals surface area contributed by atoms with Crippen molar-refractivity contribution in [2.24, 2.45) is 10.7 Å². The highest BCUT2D eigenvalue weighted by Gasteiger charge is 2.27. The number of nitrogens with zero attached hydrogens (tertiary/aromatic N) is 3. The molecule has 34 heavy (non-hydrogen) atoms. The second-order valence-corrected chi connectivity index (χ2v) is 9.59. The molecule has 3 heterocycles. The number of imidazole rings is 1. The van der Waals surface area contributed by atoms with Crippen LogP contribution < -0.4 is 11.1 Å². The molecule has 1 aliphatic rings.